The fraction of sp³-hybridized carbons (Fsp3) is 0.680. The highest BCUT2D eigenvalue weighted by Crippen LogP contribution is 2.75. The average Bonchev–Trinajstić information content (AvgIpc) is 3.13. The molecule has 7 atom stereocenters. The van der Waals surface area contributed by atoms with Crippen molar-refractivity contribution in [2.45, 2.75) is 62.1 Å². The molecule has 0 aromatic heterocycles. The van der Waals surface area contributed by atoms with Gasteiger partial charge in [-0.15, -0.1) is 0 Å². The molecule has 6 heteroatoms. The Morgan fingerprint density at radius 1 is 1.29 bits per heavy atom. The molecule has 1 saturated heterocycles. The Bertz CT molecular complexity index is 975. The van der Waals surface area contributed by atoms with Gasteiger partial charge in [0.25, 0.3) is 0 Å². The molecule has 0 radical (unpaired) electrons. The van der Waals surface area contributed by atoms with Crippen molar-refractivity contribution in [1.82, 2.24) is 4.90 Å². The fourth-order valence-corrected chi connectivity index (χ4v) is 8.21. The first-order valence-electron chi connectivity index (χ1n) is 11.5. The number of nitrogens with zero attached hydrogens (tertiary/aromatic N) is 1. The summed E-state index contributed by atoms with van der Waals surface area (Å²) in [7, 11) is 5.69. The molecule has 6 aliphatic rings. The molecule has 1 N–H and O–H groups in total. The van der Waals surface area contributed by atoms with Crippen LogP contribution in [0.4, 0.5) is 0 Å². The van der Waals surface area contributed by atoms with Crippen LogP contribution in [0.1, 0.15) is 37.8 Å². The molecule has 0 amide bonds. The zero-order chi connectivity index (χ0) is 21.8. The van der Waals surface area contributed by atoms with Gasteiger partial charge < -0.3 is 29.0 Å². The van der Waals surface area contributed by atoms with Gasteiger partial charge in [0.15, 0.2) is 17.3 Å². The van der Waals surface area contributed by atoms with Gasteiger partial charge in [0.2, 0.25) is 0 Å². The van der Waals surface area contributed by atoms with E-state index in [0.717, 1.165) is 37.3 Å². The van der Waals surface area contributed by atoms with Crippen LogP contribution < -0.4 is 9.47 Å². The number of likely N-dealkylation sites (N-methyl/N-ethyl adjacent to an activating group) is 1. The number of aliphatic hydroxyl groups is 1. The van der Waals surface area contributed by atoms with Crippen LogP contribution >= 0.6 is 0 Å². The topological polar surface area (TPSA) is 60.4 Å². The minimum atomic E-state index is -1.32. The molecule has 1 unspecified atom stereocenters. The third-order valence-corrected chi connectivity index (χ3v) is 9.36. The SMILES string of the molecule is CCO[C@](C)(O)[C@H]1C[C@]23C=CC1(OC)[C@@H]1Oc4c(OC)ccc5c4[C@@]12CCN(C)[C@@H]3C5. The normalized spacial score (nSPS) is 43.4. The van der Waals surface area contributed by atoms with Gasteiger partial charge in [0.05, 0.1) is 12.5 Å². The van der Waals surface area contributed by atoms with Crippen molar-refractivity contribution in [3.8, 4) is 11.5 Å². The van der Waals surface area contributed by atoms with Crippen molar-refractivity contribution in [2.24, 2.45) is 11.3 Å². The van der Waals surface area contributed by atoms with Crippen LogP contribution in [-0.4, -0.2) is 68.0 Å². The third kappa shape index (κ3) is 2.00. The summed E-state index contributed by atoms with van der Waals surface area (Å²) in [5, 5.41) is 11.5. The zero-order valence-corrected chi connectivity index (χ0v) is 19.1. The van der Waals surface area contributed by atoms with Crippen LogP contribution in [0.5, 0.6) is 11.5 Å². The average molecular weight is 428 g/mol. The van der Waals surface area contributed by atoms with Gasteiger partial charge in [-0.25, -0.2) is 0 Å². The summed E-state index contributed by atoms with van der Waals surface area (Å²) in [6.07, 6.45) is 7.13. The predicted octanol–water partition coefficient (Wildman–Crippen LogP) is 2.66. The summed E-state index contributed by atoms with van der Waals surface area (Å²) < 4.78 is 24.9. The number of hydrogen-bond donors (Lipinski definition) is 1. The first-order valence-corrected chi connectivity index (χ1v) is 11.5. The zero-order valence-electron chi connectivity index (χ0n) is 19.1. The Morgan fingerprint density at radius 3 is 2.81 bits per heavy atom. The molecule has 168 valence electrons. The number of rotatable bonds is 5. The second kappa shape index (κ2) is 6.04. The lowest BCUT2D eigenvalue weighted by atomic mass is 9.36. The lowest BCUT2D eigenvalue weighted by Crippen LogP contribution is -2.80. The van der Waals surface area contributed by atoms with E-state index in [1.807, 2.05) is 13.0 Å². The van der Waals surface area contributed by atoms with E-state index in [2.05, 4.69) is 30.2 Å². The lowest BCUT2D eigenvalue weighted by Gasteiger charge is -2.72. The molecule has 1 aromatic carbocycles. The van der Waals surface area contributed by atoms with Crippen LogP contribution in [0.25, 0.3) is 0 Å². The first-order chi connectivity index (χ1) is 14.8. The van der Waals surface area contributed by atoms with E-state index in [0.29, 0.717) is 12.6 Å². The molecule has 2 spiro atoms. The van der Waals surface area contributed by atoms with E-state index in [1.165, 1.54) is 11.1 Å². The molecule has 2 aliphatic heterocycles. The fourth-order valence-electron chi connectivity index (χ4n) is 8.21. The van der Waals surface area contributed by atoms with E-state index in [1.54, 1.807) is 21.1 Å². The molecule has 31 heavy (non-hydrogen) atoms. The van der Waals surface area contributed by atoms with Gasteiger partial charge in [-0.1, -0.05) is 18.2 Å². The maximum absolute atomic E-state index is 11.5. The molecular formula is C25H33NO5. The van der Waals surface area contributed by atoms with Gasteiger partial charge in [-0.3, -0.25) is 0 Å². The molecule has 4 bridgehead atoms. The third-order valence-electron chi connectivity index (χ3n) is 9.36. The maximum atomic E-state index is 11.5. The molecule has 2 fully saturated rings. The van der Waals surface area contributed by atoms with Crippen molar-refractivity contribution in [3.63, 3.8) is 0 Å². The van der Waals surface area contributed by atoms with Crippen molar-refractivity contribution < 1.29 is 24.1 Å². The van der Waals surface area contributed by atoms with E-state index in [9.17, 15) is 5.11 Å². The second-order valence-corrected chi connectivity index (χ2v) is 10.2. The highest BCUT2D eigenvalue weighted by Gasteiger charge is 2.80. The highest BCUT2D eigenvalue weighted by molar-refractivity contribution is 5.65. The van der Waals surface area contributed by atoms with Crippen molar-refractivity contribution in [1.29, 1.82) is 0 Å². The van der Waals surface area contributed by atoms with Crippen LogP contribution in [0, 0.1) is 11.3 Å². The molecule has 1 aromatic rings. The largest absolute Gasteiger partial charge is 0.493 e. The highest BCUT2D eigenvalue weighted by atomic mass is 16.6. The van der Waals surface area contributed by atoms with Gasteiger partial charge in [-0.05, 0) is 58.3 Å². The van der Waals surface area contributed by atoms with E-state index in [4.69, 9.17) is 18.9 Å². The molecular weight excluding hydrogens is 394 g/mol. The number of piperidine rings is 1. The van der Waals surface area contributed by atoms with Crippen molar-refractivity contribution in [2.75, 3.05) is 34.4 Å². The number of ether oxygens (including phenoxy) is 4. The summed E-state index contributed by atoms with van der Waals surface area (Å²) in [5.41, 5.74) is 1.56. The van der Waals surface area contributed by atoms with Crippen molar-refractivity contribution in [3.05, 3.63) is 35.4 Å². The standard InChI is InChI=1S/C25H33NO5/c1-6-30-22(2,27)17-14-23-9-10-25(17,29-5)21-24(23)11-12-26(3)18(23)13-15-7-8-16(28-4)20(31-21)19(15)24/h7-10,17-18,21,27H,6,11-14H2,1-5H3/t17-,18-,21-,22+,23+,24+,25?/m1/s1. The predicted molar refractivity (Wildman–Crippen MR) is 115 cm³/mol. The smallest absolute Gasteiger partial charge is 0.168 e. The van der Waals surface area contributed by atoms with E-state index >= 15 is 0 Å². The summed E-state index contributed by atoms with van der Waals surface area (Å²) >= 11 is 0. The minimum Gasteiger partial charge on any atom is -0.493 e. The quantitative estimate of drug-likeness (QED) is 0.576. The number of methoxy groups -OCH3 is 2. The summed E-state index contributed by atoms with van der Waals surface area (Å²) in [5.74, 6) is 0.0939. The number of fused-ring (bicyclic) bond motifs is 1. The summed E-state index contributed by atoms with van der Waals surface area (Å²) in [6.45, 7) is 5.17. The Hall–Kier alpha value is -1.60. The molecule has 7 rings (SSSR count). The van der Waals surface area contributed by atoms with Crippen LogP contribution in [0.3, 0.4) is 0 Å². The Labute approximate surface area is 184 Å². The molecule has 4 aliphatic carbocycles. The van der Waals surface area contributed by atoms with Gasteiger partial charge in [0, 0.05) is 36.7 Å². The maximum Gasteiger partial charge on any atom is 0.168 e. The Morgan fingerprint density at radius 2 is 2.10 bits per heavy atom. The molecule has 2 heterocycles. The number of likely N-dealkylation sites (tertiary alicyclic amines) is 1. The Kier molecular flexibility index (Phi) is 3.91. The number of benzene rings is 1. The van der Waals surface area contributed by atoms with Crippen LogP contribution in [0.15, 0.2) is 24.3 Å². The lowest BCUT2D eigenvalue weighted by molar-refractivity contribution is -0.308. The molecule has 6 nitrogen and oxygen atoms in total. The Balaban J connectivity index is 1.66. The monoisotopic (exact) mass is 427 g/mol. The van der Waals surface area contributed by atoms with Crippen LogP contribution in [0.2, 0.25) is 0 Å². The second-order valence-electron chi connectivity index (χ2n) is 10.2. The molecule has 1 saturated carbocycles. The first kappa shape index (κ1) is 20.0. The van der Waals surface area contributed by atoms with Gasteiger partial charge in [-0.2, -0.15) is 0 Å². The minimum absolute atomic E-state index is 0.151. The summed E-state index contributed by atoms with van der Waals surface area (Å²) in [4.78, 5) is 2.51. The summed E-state index contributed by atoms with van der Waals surface area (Å²) in [6, 6.07) is 4.60. The van der Waals surface area contributed by atoms with Gasteiger partial charge in [0.1, 0.15) is 11.7 Å². The van der Waals surface area contributed by atoms with E-state index < -0.39 is 11.4 Å². The van der Waals surface area contributed by atoms with Gasteiger partial charge >= 0.3 is 0 Å². The van der Waals surface area contributed by atoms with E-state index in [-0.39, 0.29) is 22.9 Å². The van der Waals surface area contributed by atoms with Crippen LogP contribution in [-0.2, 0) is 21.3 Å². The number of hydrogen-bond acceptors (Lipinski definition) is 6. The van der Waals surface area contributed by atoms with Crippen molar-refractivity contribution >= 4 is 0 Å².